The number of piperidine rings is 1. The molecular formula is C22H32N4O4. The van der Waals surface area contributed by atoms with Gasteiger partial charge in [-0.15, -0.1) is 5.10 Å². The van der Waals surface area contributed by atoms with Crippen LogP contribution < -0.4 is 4.74 Å². The monoisotopic (exact) mass is 416 g/mol. The number of rotatable bonds is 6. The van der Waals surface area contributed by atoms with Crippen molar-refractivity contribution in [2.75, 3.05) is 27.3 Å². The molecule has 1 saturated heterocycles. The Morgan fingerprint density at radius 2 is 1.93 bits per heavy atom. The largest absolute Gasteiger partial charge is 0.497 e. The number of methoxy groups -OCH3 is 2. The molecule has 0 radical (unpaired) electrons. The first-order valence-corrected chi connectivity index (χ1v) is 10.3. The fourth-order valence-electron chi connectivity index (χ4n) is 3.61. The lowest BCUT2D eigenvalue weighted by Crippen LogP contribution is -2.48. The first-order valence-electron chi connectivity index (χ1n) is 10.3. The van der Waals surface area contributed by atoms with Gasteiger partial charge in [0.25, 0.3) is 0 Å². The lowest BCUT2D eigenvalue weighted by Gasteiger charge is -2.37. The standard InChI is InChI=1S/C22H32N4O4/c1-22(2,3)30-21(27)25-12-11-18(20(15-25)29-5)19-14-26(24-23-19)13-10-16-6-8-17(28-4)9-7-16/h6-9,14,18,20H,10-13,15H2,1-5H3/t18-,20+/m0/s1. The van der Waals surface area contributed by atoms with Gasteiger partial charge >= 0.3 is 6.09 Å². The van der Waals surface area contributed by atoms with Crippen molar-refractivity contribution in [1.29, 1.82) is 0 Å². The van der Waals surface area contributed by atoms with Crippen LogP contribution in [0.25, 0.3) is 0 Å². The SMILES string of the molecule is COc1ccc(CCn2cc([C@@H]3CCN(C(=O)OC(C)(C)C)C[C@H]3OC)nn2)cc1. The van der Waals surface area contributed by atoms with E-state index in [1.54, 1.807) is 19.1 Å². The predicted molar refractivity (Wildman–Crippen MR) is 113 cm³/mol. The van der Waals surface area contributed by atoms with Crippen LogP contribution in [0, 0.1) is 0 Å². The molecule has 2 aromatic rings. The van der Waals surface area contributed by atoms with Crippen LogP contribution in [0.5, 0.6) is 5.75 Å². The van der Waals surface area contributed by atoms with Gasteiger partial charge in [-0.2, -0.15) is 0 Å². The molecule has 164 valence electrons. The predicted octanol–water partition coefficient (Wildman–Crippen LogP) is 3.27. The Morgan fingerprint density at radius 3 is 2.57 bits per heavy atom. The summed E-state index contributed by atoms with van der Waals surface area (Å²) in [5, 5.41) is 8.68. The number of ether oxygens (including phenoxy) is 3. The highest BCUT2D eigenvalue weighted by atomic mass is 16.6. The summed E-state index contributed by atoms with van der Waals surface area (Å²) in [7, 11) is 3.33. The van der Waals surface area contributed by atoms with Crippen molar-refractivity contribution in [3.8, 4) is 5.75 Å². The van der Waals surface area contributed by atoms with E-state index >= 15 is 0 Å². The van der Waals surface area contributed by atoms with Crippen molar-refractivity contribution >= 4 is 6.09 Å². The molecule has 2 atom stereocenters. The van der Waals surface area contributed by atoms with Gasteiger partial charge in [-0.1, -0.05) is 17.3 Å². The van der Waals surface area contributed by atoms with Crippen LogP contribution in [-0.2, 0) is 22.4 Å². The zero-order valence-electron chi connectivity index (χ0n) is 18.5. The third-order valence-electron chi connectivity index (χ3n) is 5.24. The molecule has 8 nitrogen and oxygen atoms in total. The summed E-state index contributed by atoms with van der Waals surface area (Å²) < 4.78 is 18.3. The van der Waals surface area contributed by atoms with Crippen LogP contribution in [0.15, 0.2) is 30.5 Å². The van der Waals surface area contributed by atoms with Gasteiger partial charge in [0.15, 0.2) is 0 Å². The van der Waals surface area contributed by atoms with Gasteiger partial charge in [0, 0.05) is 32.3 Å². The van der Waals surface area contributed by atoms with Gasteiger partial charge in [-0.05, 0) is 51.3 Å². The molecule has 1 aromatic carbocycles. The molecule has 1 amide bonds. The van der Waals surface area contributed by atoms with E-state index in [0.717, 1.165) is 30.8 Å². The van der Waals surface area contributed by atoms with E-state index in [4.69, 9.17) is 14.2 Å². The second kappa shape index (κ2) is 9.47. The van der Waals surface area contributed by atoms with Crippen molar-refractivity contribution in [3.63, 3.8) is 0 Å². The summed E-state index contributed by atoms with van der Waals surface area (Å²) in [5.74, 6) is 0.952. The first-order chi connectivity index (χ1) is 14.3. The minimum absolute atomic E-state index is 0.100. The minimum atomic E-state index is -0.511. The fraction of sp³-hybridized carbons (Fsp3) is 0.591. The summed E-state index contributed by atoms with van der Waals surface area (Å²) >= 11 is 0. The molecule has 0 spiro atoms. The van der Waals surface area contributed by atoms with Crippen LogP contribution in [0.4, 0.5) is 4.79 Å². The Kier molecular flexibility index (Phi) is 6.97. The molecule has 0 aliphatic carbocycles. The molecule has 1 aromatic heterocycles. The van der Waals surface area contributed by atoms with Crippen molar-refractivity contribution in [2.24, 2.45) is 0 Å². The Hall–Kier alpha value is -2.61. The van der Waals surface area contributed by atoms with E-state index in [-0.39, 0.29) is 18.1 Å². The third kappa shape index (κ3) is 5.72. The topological polar surface area (TPSA) is 78.7 Å². The zero-order chi connectivity index (χ0) is 21.7. The Labute approximate surface area is 178 Å². The summed E-state index contributed by atoms with van der Waals surface area (Å²) in [6.07, 6.45) is 3.17. The first kappa shape index (κ1) is 22.1. The molecule has 3 rings (SSSR count). The van der Waals surface area contributed by atoms with Crippen LogP contribution in [0.2, 0.25) is 0 Å². The van der Waals surface area contributed by atoms with Gasteiger partial charge in [0.05, 0.1) is 25.5 Å². The van der Waals surface area contributed by atoms with Crippen molar-refractivity contribution < 1.29 is 19.0 Å². The number of likely N-dealkylation sites (tertiary alicyclic amines) is 1. The van der Waals surface area contributed by atoms with Gasteiger partial charge in [-0.3, -0.25) is 4.68 Å². The van der Waals surface area contributed by atoms with E-state index in [2.05, 4.69) is 22.4 Å². The average Bonchev–Trinajstić information content (AvgIpc) is 3.19. The number of carbonyl (C=O) groups is 1. The highest BCUT2D eigenvalue weighted by Crippen LogP contribution is 2.29. The van der Waals surface area contributed by atoms with Crippen LogP contribution >= 0.6 is 0 Å². The lowest BCUT2D eigenvalue weighted by atomic mass is 9.91. The summed E-state index contributed by atoms with van der Waals surface area (Å²) in [6, 6.07) is 8.04. The Bertz CT molecular complexity index is 828. The highest BCUT2D eigenvalue weighted by Gasteiger charge is 2.35. The smallest absolute Gasteiger partial charge is 0.410 e. The maximum atomic E-state index is 12.4. The average molecular weight is 417 g/mol. The van der Waals surface area contributed by atoms with Gasteiger partial charge in [0.1, 0.15) is 11.4 Å². The van der Waals surface area contributed by atoms with Crippen LogP contribution in [-0.4, -0.2) is 65.0 Å². The molecule has 0 saturated carbocycles. The molecule has 1 aliphatic heterocycles. The van der Waals surface area contributed by atoms with E-state index in [9.17, 15) is 4.79 Å². The maximum absolute atomic E-state index is 12.4. The highest BCUT2D eigenvalue weighted by molar-refractivity contribution is 5.68. The van der Waals surface area contributed by atoms with E-state index in [1.165, 1.54) is 5.56 Å². The minimum Gasteiger partial charge on any atom is -0.497 e. The van der Waals surface area contributed by atoms with Gasteiger partial charge in [-0.25, -0.2) is 4.79 Å². The number of nitrogens with zero attached hydrogens (tertiary/aromatic N) is 4. The van der Waals surface area contributed by atoms with Crippen molar-refractivity contribution in [2.45, 2.75) is 57.8 Å². The molecule has 0 N–H and O–H groups in total. The molecule has 8 heteroatoms. The Morgan fingerprint density at radius 1 is 1.20 bits per heavy atom. The second-order valence-electron chi connectivity index (χ2n) is 8.60. The van der Waals surface area contributed by atoms with Gasteiger partial charge in [0.2, 0.25) is 0 Å². The summed E-state index contributed by atoms with van der Waals surface area (Å²) in [4.78, 5) is 14.1. The number of benzene rings is 1. The molecule has 1 aliphatic rings. The van der Waals surface area contributed by atoms with E-state index in [0.29, 0.717) is 13.1 Å². The van der Waals surface area contributed by atoms with E-state index < -0.39 is 5.60 Å². The summed E-state index contributed by atoms with van der Waals surface area (Å²) in [6.45, 7) is 7.45. The Balaban J connectivity index is 1.58. The number of hydrogen-bond acceptors (Lipinski definition) is 6. The molecule has 1 fully saturated rings. The maximum Gasteiger partial charge on any atom is 0.410 e. The second-order valence-corrected chi connectivity index (χ2v) is 8.60. The molecular weight excluding hydrogens is 384 g/mol. The van der Waals surface area contributed by atoms with E-state index in [1.807, 2.05) is 43.8 Å². The van der Waals surface area contributed by atoms with Crippen LogP contribution in [0.1, 0.15) is 44.4 Å². The molecule has 30 heavy (non-hydrogen) atoms. The molecule has 0 unspecified atom stereocenters. The number of hydrogen-bond donors (Lipinski definition) is 0. The number of aromatic nitrogens is 3. The van der Waals surface area contributed by atoms with Crippen molar-refractivity contribution in [1.82, 2.24) is 19.9 Å². The summed E-state index contributed by atoms with van der Waals surface area (Å²) in [5.41, 5.74) is 1.61. The zero-order valence-corrected chi connectivity index (χ0v) is 18.5. The number of aryl methyl sites for hydroxylation is 2. The number of amides is 1. The van der Waals surface area contributed by atoms with Crippen LogP contribution in [0.3, 0.4) is 0 Å². The normalized spacial score (nSPS) is 19.6. The van der Waals surface area contributed by atoms with Gasteiger partial charge < -0.3 is 19.1 Å². The fourth-order valence-corrected chi connectivity index (χ4v) is 3.61. The van der Waals surface area contributed by atoms with Crippen molar-refractivity contribution in [3.05, 3.63) is 41.7 Å². The third-order valence-corrected chi connectivity index (χ3v) is 5.24. The molecule has 2 heterocycles. The number of carbonyl (C=O) groups excluding carboxylic acids is 1. The molecule has 0 bridgehead atoms. The quantitative estimate of drug-likeness (QED) is 0.719. The lowest BCUT2D eigenvalue weighted by molar-refractivity contribution is -0.0145.